The van der Waals surface area contributed by atoms with Gasteiger partial charge in [0.15, 0.2) is 0 Å². The van der Waals surface area contributed by atoms with Crippen LogP contribution in [0.25, 0.3) is 0 Å². The number of hydrazine groups is 1. The highest BCUT2D eigenvalue weighted by Gasteiger charge is 2.05. The van der Waals surface area contributed by atoms with E-state index >= 15 is 0 Å². The molecular formula is C10H13BrN2O2. The van der Waals surface area contributed by atoms with Gasteiger partial charge in [0, 0.05) is 16.2 Å². The largest absolute Gasteiger partial charge is 0.481 e. The fourth-order valence-electron chi connectivity index (χ4n) is 1.05. The molecule has 0 aliphatic heterocycles. The standard InChI is InChI=1S/C10H13BrN2O2/c1-7(6-10(14)15)12-13-9-4-2-8(11)3-5-9/h2-5,7,12-13H,6H2,1H3,(H,14,15). The third kappa shape index (κ3) is 4.80. The summed E-state index contributed by atoms with van der Waals surface area (Å²) in [7, 11) is 0. The summed E-state index contributed by atoms with van der Waals surface area (Å²) in [4.78, 5) is 10.4. The number of hydrogen-bond donors (Lipinski definition) is 3. The molecule has 0 aliphatic rings. The molecule has 0 bridgehead atoms. The minimum atomic E-state index is -0.812. The molecule has 82 valence electrons. The summed E-state index contributed by atoms with van der Waals surface area (Å²) in [6, 6.07) is 7.48. The summed E-state index contributed by atoms with van der Waals surface area (Å²) in [6.07, 6.45) is 0.0868. The molecule has 1 rings (SSSR count). The lowest BCUT2D eigenvalue weighted by atomic mass is 10.2. The molecule has 4 nitrogen and oxygen atoms in total. The van der Waals surface area contributed by atoms with E-state index in [0.29, 0.717) is 0 Å². The van der Waals surface area contributed by atoms with Crippen LogP contribution in [0.1, 0.15) is 13.3 Å². The first-order valence-corrected chi connectivity index (χ1v) is 5.36. The molecule has 0 saturated heterocycles. The zero-order valence-corrected chi connectivity index (χ0v) is 9.91. The molecule has 0 saturated carbocycles. The van der Waals surface area contributed by atoms with Gasteiger partial charge >= 0.3 is 5.97 Å². The van der Waals surface area contributed by atoms with Crippen LogP contribution in [0.3, 0.4) is 0 Å². The van der Waals surface area contributed by atoms with Gasteiger partial charge in [0.25, 0.3) is 0 Å². The number of carbonyl (C=O) groups is 1. The van der Waals surface area contributed by atoms with E-state index in [4.69, 9.17) is 5.11 Å². The van der Waals surface area contributed by atoms with Crippen LogP contribution in [-0.2, 0) is 4.79 Å². The van der Waals surface area contributed by atoms with Crippen LogP contribution in [-0.4, -0.2) is 17.1 Å². The van der Waals surface area contributed by atoms with Crippen LogP contribution in [0.4, 0.5) is 5.69 Å². The molecule has 5 heteroatoms. The SMILES string of the molecule is CC(CC(=O)O)NNc1ccc(Br)cc1. The molecule has 0 spiro atoms. The van der Waals surface area contributed by atoms with Crippen LogP contribution in [0.2, 0.25) is 0 Å². The van der Waals surface area contributed by atoms with Gasteiger partial charge in [-0.1, -0.05) is 15.9 Å². The fourth-order valence-corrected chi connectivity index (χ4v) is 1.32. The zero-order valence-electron chi connectivity index (χ0n) is 8.33. The molecule has 0 heterocycles. The average molecular weight is 273 g/mol. The highest BCUT2D eigenvalue weighted by molar-refractivity contribution is 9.10. The van der Waals surface area contributed by atoms with E-state index in [9.17, 15) is 4.79 Å². The molecule has 0 fully saturated rings. The Morgan fingerprint density at radius 2 is 2.07 bits per heavy atom. The van der Waals surface area contributed by atoms with Gasteiger partial charge in [-0.15, -0.1) is 0 Å². The zero-order chi connectivity index (χ0) is 11.3. The van der Waals surface area contributed by atoms with Crippen LogP contribution in [0.15, 0.2) is 28.7 Å². The number of hydrogen-bond acceptors (Lipinski definition) is 3. The number of halogens is 1. The van der Waals surface area contributed by atoms with Crippen molar-refractivity contribution in [1.29, 1.82) is 0 Å². The van der Waals surface area contributed by atoms with Gasteiger partial charge in [0.1, 0.15) is 0 Å². The lowest BCUT2D eigenvalue weighted by Gasteiger charge is -2.13. The number of benzene rings is 1. The van der Waals surface area contributed by atoms with Crippen molar-refractivity contribution in [2.45, 2.75) is 19.4 Å². The van der Waals surface area contributed by atoms with Crippen molar-refractivity contribution in [3.63, 3.8) is 0 Å². The smallest absolute Gasteiger partial charge is 0.304 e. The Morgan fingerprint density at radius 3 is 2.60 bits per heavy atom. The Bertz CT molecular complexity index is 327. The van der Waals surface area contributed by atoms with Crippen molar-refractivity contribution < 1.29 is 9.90 Å². The first-order chi connectivity index (χ1) is 7.08. The van der Waals surface area contributed by atoms with Crippen LogP contribution in [0.5, 0.6) is 0 Å². The number of aliphatic carboxylic acids is 1. The molecular weight excluding hydrogens is 260 g/mol. The van der Waals surface area contributed by atoms with E-state index in [0.717, 1.165) is 10.2 Å². The Morgan fingerprint density at radius 1 is 1.47 bits per heavy atom. The molecule has 15 heavy (non-hydrogen) atoms. The van der Waals surface area contributed by atoms with Crippen molar-refractivity contribution in [1.82, 2.24) is 5.43 Å². The summed E-state index contributed by atoms with van der Waals surface area (Å²) < 4.78 is 1.01. The minimum absolute atomic E-state index is 0.0868. The van der Waals surface area contributed by atoms with Crippen LogP contribution >= 0.6 is 15.9 Å². The third-order valence-electron chi connectivity index (χ3n) is 1.79. The first-order valence-electron chi connectivity index (χ1n) is 4.57. The second-order valence-corrected chi connectivity index (χ2v) is 4.19. The highest BCUT2D eigenvalue weighted by atomic mass is 79.9. The molecule has 1 unspecified atom stereocenters. The Labute approximate surface area is 96.8 Å². The molecule has 0 aliphatic carbocycles. The lowest BCUT2D eigenvalue weighted by Crippen LogP contribution is -2.33. The number of rotatable bonds is 5. The van der Waals surface area contributed by atoms with E-state index < -0.39 is 5.97 Å². The van der Waals surface area contributed by atoms with Gasteiger partial charge in [0.05, 0.1) is 6.42 Å². The van der Waals surface area contributed by atoms with Crippen molar-refractivity contribution >= 4 is 27.6 Å². The van der Waals surface area contributed by atoms with Gasteiger partial charge in [-0.25, -0.2) is 5.43 Å². The fraction of sp³-hybridized carbons (Fsp3) is 0.300. The topological polar surface area (TPSA) is 61.4 Å². The van der Waals surface area contributed by atoms with Crippen molar-refractivity contribution in [2.24, 2.45) is 0 Å². The molecule has 1 aromatic carbocycles. The van der Waals surface area contributed by atoms with E-state index in [1.54, 1.807) is 6.92 Å². The Balaban J connectivity index is 2.36. The monoisotopic (exact) mass is 272 g/mol. The van der Waals surface area contributed by atoms with Gasteiger partial charge < -0.3 is 10.5 Å². The Hall–Kier alpha value is -1.07. The summed E-state index contributed by atoms with van der Waals surface area (Å²) in [5.74, 6) is -0.812. The maximum Gasteiger partial charge on any atom is 0.304 e. The second kappa shape index (κ2) is 5.72. The minimum Gasteiger partial charge on any atom is -0.481 e. The number of anilines is 1. The van der Waals surface area contributed by atoms with Gasteiger partial charge in [-0.2, -0.15) is 0 Å². The molecule has 3 N–H and O–H groups in total. The normalized spacial score (nSPS) is 12.1. The van der Waals surface area contributed by atoms with Crippen molar-refractivity contribution in [3.05, 3.63) is 28.7 Å². The summed E-state index contributed by atoms with van der Waals surface area (Å²) in [5, 5.41) is 8.54. The van der Waals surface area contributed by atoms with E-state index in [-0.39, 0.29) is 12.5 Å². The quantitative estimate of drug-likeness (QED) is 0.720. The highest BCUT2D eigenvalue weighted by Crippen LogP contribution is 2.13. The predicted octanol–water partition coefficient (Wildman–Crippen LogP) is 2.23. The summed E-state index contributed by atoms with van der Waals surface area (Å²) in [6.45, 7) is 1.81. The number of nitrogens with one attached hydrogen (secondary N) is 2. The maximum absolute atomic E-state index is 10.4. The average Bonchev–Trinajstić information content (AvgIpc) is 2.16. The van der Waals surface area contributed by atoms with Gasteiger partial charge in [-0.3, -0.25) is 4.79 Å². The predicted molar refractivity (Wildman–Crippen MR) is 62.6 cm³/mol. The molecule has 1 aromatic rings. The van der Waals surface area contributed by atoms with Crippen LogP contribution < -0.4 is 10.9 Å². The Kier molecular flexibility index (Phi) is 4.58. The third-order valence-corrected chi connectivity index (χ3v) is 2.32. The number of carboxylic acid groups (broad SMARTS) is 1. The summed E-state index contributed by atoms with van der Waals surface area (Å²) >= 11 is 3.33. The second-order valence-electron chi connectivity index (χ2n) is 3.28. The molecule has 1 atom stereocenters. The first kappa shape index (κ1) is 12.0. The molecule has 0 aromatic heterocycles. The van der Waals surface area contributed by atoms with E-state index in [1.165, 1.54) is 0 Å². The number of carboxylic acids is 1. The lowest BCUT2D eigenvalue weighted by molar-refractivity contribution is -0.137. The molecule has 0 amide bonds. The van der Waals surface area contributed by atoms with E-state index in [1.807, 2.05) is 24.3 Å². The summed E-state index contributed by atoms with van der Waals surface area (Å²) in [5.41, 5.74) is 6.74. The molecule has 0 radical (unpaired) electrons. The van der Waals surface area contributed by atoms with Gasteiger partial charge in [0.2, 0.25) is 0 Å². The van der Waals surface area contributed by atoms with Crippen molar-refractivity contribution in [3.8, 4) is 0 Å². The maximum atomic E-state index is 10.4. The van der Waals surface area contributed by atoms with E-state index in [2.05, 4.69) is 26.8 Å². The van der Waals surface area contributed by atoms with Crippen LogP contribution in [0, 0.1) is 0 Å². The van der Waals surface area contributed by atoms with Gasteiger partial charge in [-0.05, 0) is 31.2 Å². The van der Waals surface area contributed by atoms with Crippen molar-refractivity contribution in [2.75, 3.05) is 5.43 Å².